The predicted octanol–water partition coefficient (Wildman–Crippen LogP) is 3.66. The van der Waals surface area contributed by atoms with Crippen molar-refractivity contribution in [3.05, 3.63) is 22.4 Å². The van der Waals surface area contributed by atoms with E-state index in [2.05, 4.69) is 55.4 Å². The molecule has 0 radical (unpaired) electrons. The highest BCUT2D eigenvalue weighted by Gasteiger charge is 2.03. The lowest BCUT2D eigenvalue weighted by molar-refractivity contribution is 0.571. The van der Waals surface area contributed by atoms with Crippen molar-refractivity contribution in [1.82, 2.24) is 5.32 Å². The number of hydrogen-bond donors (Lipinski definition) is 1. The van der Waals surface area contributed by atoms with Crippen molar-refractivity contribution in [2.24, 2.45) is 5.92 Å². The highest BCUT2D eigenvalue weighted by Crippen LogP contribution is 2.11. The Morgan fingerprint density at radius 2 is 2.19 bits per heavy atom. The Kier molecular flexibility index (Phi) is 7.17. The molecule has 1 unspecified atom stereocenters. The van der Waals surface area contributed by atoms with E-state index in [9.17, 15) is 0 Å². The molecule has 0 aromatic carbocycles. The van der Waals surface area contributed by atoms with Crippen LogP contribution in [0.4, 0.5) is 0 Å². The molecule has 1 rings (SSSR count). The van der Waals surface area contributed by atoms with Crippen LogP contribution in [0.3, 0.4) is 0 Å². The van der Waals surface area contributed by atoms with Crippen LogP contribution in [0.1, 0.15) is 25.6 Å². The maximum absolute atomic E-state index is 3.58. The van der Waals surface area contributed by atoms with Gasteiger partial charge >= 0.3 is 0 Å². The molecule has 0 saturated heterocycles. The van der Waals surface area contributed by atoms with Gasteiger partial charge in [-0.15, -0.1) is 11.3 Å². The smallest absolute Gasteiger partial charge is 0.00873 e. The monoisotopic (exact) mass is 257 g/mol. The average Bonchev–Trinajstić information content (AvgIpc) is 2.69. The molecule has 0 aliphatic carbocycles. The van der Waals surface area contributed by atoms with Crippen molar-refractivity contribution < 1.29 is 0 Å². The first-order chi connectivity index (χ1) is 7.68. The topological polar surface area (TPSA) is 12.0 Å². The molecule has 3 heteroatoms. The van der Waals surface area contributed by atoms with Crippen LogP contribution in [0, 0.1) is 5.92 Å². The van der Waals surface area contributed by atoms with Gasteiger partial charge in [-0.2, -0.15) is 11.8 Å². The van der Waals surface area contributed by atoms with Crippen molar-refractivity contribution in [2.45, 2.75) is 33.2 Å². The fraction of sp³-hybridized carbons (Fsp3) is 0.692. The van der Waals surface area contributed by atoms with E-state index in [0.717, 1.165) is 18.9 Å². The summed E-state index contributed by atoms with van der Waals surface area (Å²) in [6, 6.07) is 4.94. The molecule has 1 aromatic rings. The fourth-order valence-corrected chi connectivity index (χ4v) is 3.23. The molecule has 16 heavy (non-hydrogen) atoms. The van der Waals surface area contributed by atoms with Crippen LogP contribution in [0.15, 0.2) is 17.5 Å². The van der Waals surface area contributed by atoms with Crippen LogP contribution in [-0.2, 0) is 6.42 Å². The Bertz CT molecular complexity index is 257. The summed E-state index contributed by atoms with van der Waals surface area (Å²) in [6.45, 7) is 7.95. The normalized spacial score (nSPS) is 13.2. The second-order valence-electron chi connectivity index (χ2n) is 4.61. The van der Waals surface area contributed by atoms with Crippen molar-refractivity contribution in [3.63, 3.8) is 0 Å². The second-order valence-corrected chi connectivity index (χ2v) is 6.79. The first kappa shape index (κ1) is 14.1. The van der Waals surface area contributed by atoms with Gasteiger partial charge in [0.05, 0.1) is 0 Å². The van der Waals surface area contributed by atoms with Gasteiger partial charge in [0.15, 0.2) is 0 Å². The molecule has 0 aliphatic rings. The quantitative estimate of drug-likeness (QED) is 0.713. The Labute approximate surface area is 108 Å². The van der Waals surface area contributed by atoms with E-state index in [0.29, 0.717) is 6.04 Å². The van der Waals surface area contributed by atoms with Crippen LogP contribution < -0.4 is 5.32 Å². The third-order valence-electron chi connectivity index (χ3n) is 2.28. The second kappa shape index (κ2) is 8.15. The standard InChI is InChI=1S/C13H23NS2/c1-11(2)10-15-8-6-14-12(3)9-13-5-4-7-16-13/h4-5,7,11-12,14H,6,8-10H2,1-3H3. The van der Waals surface area contributed by atoms with Crippen LogP contribution in [-0.4, -0.2) is 24.1 Å². The number of hydrogen-bond acceptors (Lipinski definition) is 3. The average molecular weight is 257 g/mol. The third kappa shape index (κ3) is 6.56. The zero-order valence-electron chi connectivity index (χ0n) is 10.5. The Morgan fingerprint density at radius 1 is 1.38 bits per heavy atom. The maximum Gasteiger partial charge on any atom is 0.00873 e. The molecule has 1 nitrogen and oxygen atoms in total. The first-order valence-electron chi connectivity index (χ1n) is 6.02. The molecular weight excluding hydrogens is 234 g/mol. The molecule has 1 atom stereocenters. The predicted molar refractivity (Wildman–Crippen MR) is 77.7 cm³/mol. The van der Waals surface area contributed by atoms with Crippen LogP contribution in [0.2, 0.25) is 0 Å². The summed E-state index contributed by atoms with van der Waals surface area (Å²) in [5.74, 6) is 3.32. The van der Waals surface area contributed by atoms with Crippen molar-refractivity contribution in [1.29, 1.82) is 0 Å². The van der Waals surface area contributed by atoms with Gasteiger partial charge in [-0.05, 0) is 36.5 Å². The third-order valence-corrected chi connectivity index (χ3v) is 4.57. The van der Waals surface area contributed by atoms with Gasteiger partial charge in [0, 0.05) is 23.2 Å². The summed E-state index contributed by atoms with van der Waals surface area (Å²) in [4.78, 5) is 1.48. The molecule has 1 aromatic heterocycles. The molecule has 0 spiro atoms. The van der Waals surface area contributed by atoms with E-state index in [1.165, 1.54) is 16.4 Å². The van der Waals surface area contributed by atoms with E-state index in [1.54, 1.807) is 0 Å². The summed E-state index contributed by atoms with van der Waals surface area (Å²) in [5, 5.41) is 5.73. The molecule has 0 bridgehead atoms. The summed E-state index contributed by atoms with van der Waals surface area (Å²) >= 11 is 3.91. The zero-order valence-corrected chi connectivity index (χ0v) is 12.2. The number of thioether (sulfide) groups is 1. The minimum Gasteiger partial charge on any atom is -0.313 e. The first-order valence-corrected chi connectivity index (χ1v) is 8.05. The van der Waals surface area contributed by atoms with Crippen molar-refractivity contribution in [3.8, 4) is 0 Å². The molecule has 0 aliphatic heterocycles. The van der Waals surface area contributed by atoms with Crippen LogP contribution >= 0.6 is 23.1 Å². The minimum absolute atomic E-state index is 0.596. The largest absolute Gasteiger partial charge is 0.313 e. The van der Waals surface area contributed by atoms with E-state index in [1.807, 2.05) is 11.3 Å². The molecule has 0 fully saturated rings. The highest BCUT2D eigenvalue weighted by atomic mass is 32.2. The molecule has 0 saturated carbocycles. The van der Waals surface area contributed by atoms with Crippen molar-refractivity contribution >= 4 is 23.1 Å². The van der Waals surface area contributed by atoms with Gasteiger partial charge in [-0.1, -0.05) is 19.9 Å². The van der Waals surface area contributed by atoms with Gasteiger partial charge in [0.1, 0.15) is 0 Å². The molecule has 0 amide bonds. The van der Waals surface area contributed by atoms with E-state index in [4.69, 9.17) is 0 Å². The van der Waals surface area contributed by atoms with Gasteiger partial charge in [-0.3, -0.25) is 0 Å². The van der Waals surface area contributed by atoms with Gasteiger partial charge in [0.25, 0.3) is 0 Å². The van der Waals surface area contributed by atoms with E-state index in [-0.39, 0.29) is 0 Å². The molecular formula is C13H23NS2. The Morgan fingerprint density at radius 3 is 2.81 bits per heavy atom. The van der Waals surface area contributed by atoms with Gasteiger partial charge < -0.3 is 5.32 Å². The van der Waals surface area contributed by atoms with Crippen LogP contribution in [0.5, 0.6) is 0 Å². The van der Waals surface area contributed by atoms with E-state index < -0.39 is 0 Å². The lowest BCUT2D eigenvalue weighted by Gasteiger charge is -2.12. The van der Waals surface area contributed by atoms with Crippen LogP contribution in [0.25, 0.3) is 0 Å². The number of nitrogens with one attached hydrogen (secondary N) is 1. The lowest BCUT2D eigenvalue weighted by Crippen LogP contribution is -2.29. The summed E-state index contributed by atoms with van der Waals surface area (Å²) in [7, 11) is 0. The van der Waals surface area contributed by atoms with Gasteiger partial charge in [0.2, 0.25) is 0 Å². The summed E-state index contributed by atoms with van der Waals surface area (Å²) < 4.78 is 0. The molecule has 92 valence electrons. The Balaban J connectivity index is 2.00. The number of thiophene rings is 1. The summed E-state index contributed by atoms with van der Waals surface area (Å²) in [5.41, 5.74) is 0. The maximum atomic E-state index is 3.58. The zero-order chi connectivity index (χ0) is 11.8. The minimum atomic E-state index is 0.596. The number of rotatable bonds is 8. The molecule has 1 N–H and O–H groups in total. The lowest BCUT2D eigenvalue weighted by atomic mass is 10.2. The molecule has 1 heterocycles. The fourth-order valence-electron chi connectivity index (χ4n) is 1.50. The summed E-state index contributed by atoms with van der Waals surface area (Å²) in [6.07, 6.45) is 1.16. The van der Waals surface area contributed by atoms with Gasteiger partial charge in [-0.25, -0.2) is 0 Å². The van der Waals surface area contributed by atoms with E-state index >= 15 is 0 Å². The van der Waals surface area contributed by atoms with Crippen molar-refractivity contribution in [2.75, 3.05) is 18.1 Å². The Hall–Kier alpha value is 0.01000. The SMILES string of the molecule is CC(C)CSCCNC(C)Cc1cccs1. The highest BCUT2D eigenvalue weighted by molar-refractivity contribution is 7.99.